The van der Waals surface area contributed by atoms with Gasteiger partial charge in [0.15, 0.2) is 0 Å². The highest BCUT2D eigenvalue weighted by Gasteiger charge is 2.48. The van der Waals surface area contributed by atoms with Crippen molar-refractivity contribution in [1.82, 2.24) is 5.32 Å². The highest BCUT2D eigenvalue weighted by atomic mass is 31.2. The molecule has 0 spiro atoms. The lowest BCUT2D eigenvalue weighted by molar-refractivity contribution is 0.0943. The Morgan fingerprint density at radius 3 is 2.05 bits per heavy atom. The van der Waals surface area contributed by atoms with E-state index < -0.39 is 26.6 Å². The molecule has 0 saturated heterocycles. The molecule has 0 bridgehead atoms. The lowest BCUT2D eigenvalue weighted by Crippen LogP contribution is -2.35. The lowest BCUT2D eigenvalue weighted by Gasteiger charge is -2.27. The maximum atomic E-state index is 12.6. The fourth-order valence-electron chi connectivity index (χ4n) is 1.68. The van der Waals surface area contributed by atoms with Crippen molar-refractivity contribution in [1.29, 1.82) is 0 Å². The molecule has 0 aliphatic carbocycles. The van der Waals surface area contributed by atoms with Crippen LogP contribution < -0.4 is 5.32 Å². The van der Waals surface area contributed by atoms with Gasteiger partial charge in [0.25, 0.3) is 5.91 Å². The predicted octanol–water partition coefficient (Wildman–Crippen LogP) is 2.14. The van der Waals surface area contributed by atoms with E-state index in [4.69, 9.17) is 9.05 Å². The van der Waals surface area contributed by atoms with E-state index in [0.717, 1.165) is 0 Å². The number of carbonyl (C=O) groups is 1. The van der Waals surface area contributed by atoms with Gasteiger partial charge in [-0.1, -0.05) is 18.2 Å². The Balaban J connectivity index is 3.11. The summed E-state index contributed by atoms with van der Waals surface area (Å²) in [6, 6.07) is 7.78. The molecule has 0 fully saturated rings. The standard InChI is InChI=1S/C12H19NO7P2/c1-3-19-22(18,20-4-2)12(21(15,16)17)13-11(14)10-8-6-5-7-9-10/h5-9,12H,3-4H2,1-2H3,(H,13,14)(H2,15,16,17). The fraction of sp³-hybridized carbons (Fsp3) is 0.417. The van der Waals surface area contributed by atoms with Crippen LogP contribution in [0.25, 0.3) is 0 Å². The van der Waals surface area contributed by atoms with E-state index in [0.29, 0.717) is 0 Å². The predicted molar refractivity (Wildman–Crippen MR) is 80.6 cm³/mol. The summed E-state index contributed by atoms with van der Waals surface area (Å²) >= 11 is 0. The molecule has 1 unspecified atom stereocenters. The molecule has 1 aromatic carbocycles. The van der Waals surface area contributed by atoms with Crippen molar-refractivity contribution in [2.24, 2.45) is 0 Å². The summed E-state index contributed by atoms with van der Waals surface area (Å²) < 4.78 is 34.1. The minimum atomic E-state index is -4.98. The first kappa shape index (κ1) is 19.0. The molecule has 124 valence electrons. The SMILES string of the molecule is CCOP(=O)(OCC)C(NC(=O)c1ccccc1)P(=O)(O)O. The molecule has 1 rings (SSSR count). The van der Waals surface area contributed by atoms with Gasteiger partial charge in [-0.2, -0.15) is 0 Å². The molecule has 1 aromatic rings. The molecule has 10 heteroatoms. The molecule has 1 atom stereocenters. The Labute approximate surface area is 128 Å². The zero-order valence-corrected chi connectivity index (χ0v) is 14.0. The van der Waals surface area contributed by atoms with Crippen molar-refractivity contribution in [2.45, 2.75) is 19.4 Å². The van der Waals surface area contributed by atoms with Crippen molar-refractivity contribution in [2.75, 3.05) is 13.2 Å². The Hall–Kier alpha value is -1.01. The monoisotopic (exact) mass is 351 g/mol. The van der Waals surface area contributed by atoms with Crippen LogP contribution in [-0.4, -0.2) is 34.4 Å². The van der Waals surface area contributed by atoms with Crippen LogP contribution in [0.4, 0.5) is 0 Å². The molecular formula is C12H19NO7P2. The van der Waals surface area contributed by atoms with Crippen molar-refractivity contribution < 1.29 is 32.8 Å². The third-order valence-corrected chi connectivity index (χ3v) is 7.01. The van der Waals surface area contributed by atoms with E-state index in [1.807, 2.05) is 0 Å². The Kier molecular flexibility index (Phi) is 6.94. The second kappa shape index (κ2) is 8.02. The molecule has 0 heterocycles. The molecular weight excluding hydrogens is 332 g/mol. The van der Waals surface area contributed by atoms with Gasteiger partial charge in [-0.25, -0.2) is 0 Å². The molecule has 0 aromatic heterocycles. The van der Waals surface area contributed by atoms with Crippen LogP contribution in [0.5, 0.6) is 0 Å². The van der Waals surface area contributed by atoms with Gasteiger partial charge in [0.2, 0.25) is 5.52 Å². The topological polar surface area (TPSA) is 122 Å². The van der Waals surface area contributed by atoms with E-state index in [1.165, 1.54) is 26.0 Å². The van der Waals surface area contributed by atoms with E-state index in [1.54, 1.807) is 18.2 Å². The van der Waals surface area contributed by atoms with Crippen LogP contribution in [0.15, 0.2) is 30.3 Å². The first-order valence-electron chi connectivity index (χ1n) is 6.54. The summed E-state index contributed by atoms with van der Waals surface area (Å²) in [5.41, 5.74) is -1.90. The van der Waals surface area contributed by atoms with E-state index >= 15 is 0 Å². The number of hydrogen-bond donors (Lipinski definition) is 3. The summed E-state index contributed by atoms with van der Waals surface area (Å²) in [6.07, 6.45) is 0. The molecule has 0 aliphatic heterocycles. The van der Waals surface area contributed by atoms with Gasteiger partial charge in [0.05, 0.1) is 13.2 Å². The Morgan fingerprint density at radius 1 is 1.14 bits per heavy atom. The normalized spacial score (nSPS) is 13.6. The molecule has 3 N–H and O–H groups in total. The smallest absolute Gasteiger partial charge is 0.328 e. The molecule has 1 amide bonds. The maximum absolute atomic E-state index is 12.6. The van der Waals surface area contributed by atoms with Crippen molar-refractivity contribution >= 4 is 21.1 Å². The fourth-order valence-corrected chi connectivity index (χ4v) is 5.19. The van der Waals surface area contributed by atoms with Crippen LogP contribution in [0.2, 0.25) is 0 Å². The summed E-state index contributed by atoms with van der Waals surface area (Å²) in [5, 5.41) is 2.07. The van der Waals surface area contributed by atoms with Gasteiger partial charge in [-0.05, 0) is 26.0 Å². The van der Waals surface area contributed by atoms with E-state index in [2.05, 4.69) is 5.32 Å². The van der Waals surface area contributed by atoms with Gasteiger partial charge in [0.1, 0.15) is 0 Å². The van der Waals surface area contributed by atoms with Crippen LogP contribution in [0.1, 0.15) is 24.2 Å². The molecule has 22 heavy (non-hydrogen) atoms. The van der Waals surface area contributed by atoms with Gasteiger partial charge >= 0.3 is 15.2 Å². The van der Waals surface area contributed by atoms with Crippen molar-refractivity contribution in [3.63, 3.8) is 0 Å². The second-order valence-corrected chi connectivity index (χ2v) is 8.39. The number of rotatable bonds is 8. The molecule has 8 nitrogen and oxygen atoms in total. The van der Waals surface area contributed by atoms with E-state index in [9.17, 15) is 23.7 Å². The first-order chi connectivity index (χ1) is 10.2. The maximum Gasteiger partial charge on any atom is 0.365 e. The summed E-state index contributed by atoms with van der Waals surface area (Å²) in [4.78, 5) is 30.9. The van der Waals surface area contributed by atoms with Crippen LogP contribution in [0, 0.1) is 0 Å². The zero-order valence-electron chi connectivity index (χ0n) is 12.2. The summed E-state index contributed by atoms with van der Waals surface area (Å²) in [6.45, 7) is 2.83. The highest BCUT2D eigenvalue weighted by molar-refractivity contribution is 7.71. The molecule has 0 aliphatic rings. The Morgan fingerprint density at radius 2 is 1.64 bits per heavy atom. The lowest BCUT2D eigenvalue weighted by atomic mass is 10.2. The number of hydrogen-bond acceptors (Lipinski definition) is 5. The quantitative estimate of drug-likeness (QED) is 0.613. The highest BCUT2D eigenvalue weighted by Crippen LogP contribution is 2.64. The second-order valence-electron chi connectivity index (χ2n) is 4.18. The molecule has 0 radical (unpaired) electrons. The number of carbonyl (C=O) groups excluding carboxylic acids is 1. The third kappa shape index (κ3) is 5.02. The van der Waals surface area contributed by atoms with Gasteiger partial charge in [-0.3, -0.25) is 13.9 Å². The van der Waals surface area contributed by atoms with Crippen LogP contribution >= 0.6 is 15.2 Å². The minimum Gasteiger partial charge on any atom is -0.328 e. The van der Waals surface area contributed by atoms with Gasteiger partial charge < -0.3 is 24.2 Å². The first-order valence-corrected chi connectivity index (χ1v) is 9.84. The average molecular weight is 351 g/mol. The number of benzene rings is 1. The summed E-state index contributed by atoms with van der Waals surface area (Å²) in [7, 11) is -9.20. The third-order valence-electron chi connectivity index (χ3n) is 2.53. The van der Waals surface area contributed by atoms with Gasteiger partial charge in [0, 0.05) is 5.56 Å². The minimum absolute atomic E-state index is 0.0883. The van der Waals surface area contributed by atoms with Crippen LogP contribution in [-0.2, 0) is 18.2 Å². The zero-order chi connectivity index (χ0) is 16.8. The summed E-state index contributed by atoms with van der Waals surface area (Å²) in [5.74, 6) is -0.784. The number of amides is 1. The largest absolute Gasteiger partial charge is 0.365 e. The number of nitrogens with one attached hydrogen (secondary N) is 1. The Bertz CT molecular complexity index is 576. The van der Waals surface area contributed by atoms with Gasteiger partial charge in [-0.15, -0.1) is 0 Å². The van der Waals surface area contributed by atoms with E-state index in [-0.39, 0.29) is 18.8 Å². The molecule has 0 saturated carbocycles. The average Bonchev–Trinajstić information content (AvgIpc) is 2.44. The van der Waals surface area contributed by atoms with Crippen molar-refractivity contribution in [3.05, 3.63) is 35.9 Å². The van der Waals surface area contributed by atoms with Crippen molar-refractivity contribution in [3.8, 4) is 0 Å². The van der Waals surface area contributed by atoms with Crippen LogP contribution in [0.3, 0.4) is 0 Å².